The van der Waals surface area contributed by atoms with Crippen LogP contribution in [0.1, 0.15) is 111 Å². The maximum Gasteiger partial charge on any atom is 0.416 e. The number of amides is 5. The number of halogens is 10. The van der Waals surface area contributed by atoms with Crippen LogP contribution in [0.3, 0.4) is 0 Å². The number of aryl methyl sites for hydroxylation is 1. The number of nitrogens with one attached hydrogen (secondary N) is 1. The highest BCUT2D eigenvalue weighted by atomic mass is 35.5. The lowest BCUT2D eigenvalue weighted by Gasteiger charge is -2.44. The van der Waals surface area contributed by atoms with E-state index in [1.54, 1.807) is 28.8 Å². The van der Waals surface area contributed by atoms with Gasteiger partial charge < -0.3 is 48.5 Å². The molecule has 4 aliphatic rings. The van der Waals surface area contributed by atoms with Crippen LogP contribution in [0.15, 0.2) is 121 Å². The quantitative estimate of drug-likeness (QED) is 0.0427. The summed E-state index contributed by atoms with van der Waals surface area (Å²) < 4.78 is 116. The zero-order valence-electron chi connectivity index (χ0n) is 56.6. The Kier molecular flexibility index (Phi) is 28.2. The first-order valence-corrected chi connectivity index (χ1v) is 33.8. The van der Waals surface area contributed by atoms with Gasteiger partial charge in [0.15, 0.2) is 5.13 Å². The van der Waals surface area contributed by atoms with Crippen molar-refractivity contribution in [1.29, 1.82) is 0 Å². The minimum Gasteiger partial charge on any atom is -0.446 e. The fourth-order valence-corrected chi connectivity index (χ4v) is 14.6. The second-order valence-electron chi connectivity index (χ2n) is 26.0. The Hall–Kier alpha value is -7.10. The number of thiazole rings is 1. The van der Waals surface area contributed by atoms with Gasteiger partial charge in [0.1, 0.15) is 35.7 Å². The fraction of sp³-hybridized carbons (Fsp3) is 0.472. The molecule has 28 heteroatoms. The first kappa shape index (κ1) is 80.2. The van der Waals surface area contributed by atoms with Crippen LogP contribution in [-0.2, 0) is 53.6 Å². The second kappa shape index (κ2) is 35.2. The highest BCUT2D eigenvalue weighted by molar-refractivity contribution is 7.17. The van der Waals surface area contributed by atoms with E-state index in [1.807, 2.05) is 92.6 Å². The molecule has 2 atom stereocenters. The van der Waals surface area contributed by atoms with E-state index in [9.17, 15) is 54.7 Å². The second-order valence-corrected chi connectivity index (χ2v) is 26.9. The van der Waals surface area contributed by atoms with Crippen LogP contribution in [0.2, 0.25) is 0 Å². The molecule has 1 aliphatic carbocycles. The highest BCUT2D eigenvalue weighted by Crippen LogP contribution is 2.49. The zero-order chi connectivity index (χ0) is 69.2. The van der Waals surface area contributed by atoms with Gasteiger partial charge in [-0.2, -0.15) is 26.3 Å². The summed E-state index contributed by atoms with van der Waals surface area (Å²) in [6.45, 7) is 6.66. The minimum atomic E-state index is -5.15. The van der Waals surface area contributed by atoms with E-state index in [2.05, 4.69) is 27.2 Å². The summed E-state index contributed by atoms with van der Waals surface area (Å²) in [7, 11) is 7.16. The number of alkyl halides is 6. The van der Waals surface area contributed by atoms with E-state index < -0.39 is 64.6 Å². The predicted octanol–water partition coefficient (Wildman–Crippen LogP) is 13.6. The number of carbonyl (C=O) groups excluding carboxylic acids is 5. The van der Waals surface area contributed by atoms with Gasteiger partial charge in [-0.05, 0) is 130 Å². The number of carbonyl (C=O) groups is 5. The number of fused-ring (bicyclic) bond motifs is 2. The first-order chi connectivity index (χ1) is 46.3. The minimum absolute atomic E-state index is 0. The number of rotatable bonds is 25. The molecule has 3 fully saturated rings. The lowest BCUT2D eigenvalue weighted by molar-refractivity contribution is -0.143. The summed E-state index contributed by atoms with van der Waals surface area (Å²) in [5.41, 5.74) is 0.280. The van der Waals surface area contributed by atoms with E-state index in [0.29, 0.717) is 110 Å². The molecule has 0 unspecified atom stereocenters. The van der Waals surface area contributed by atoms with Crippen molar-refractivity contribution >= 4 is 89.1 Å². The molecule has 1 aromatic heterocycles. The number of piperidine rings is 2. The highest BCUT2D eigenvalue weighted by Gasteiger charge is 2.50. The molecule has 17 nitrogen and oxygen atoms in total. The Bertz CT molecular complexity index is 3700. The Morgan fingerprint density at radius 1 is 0.700 bits per heavy atom. The SMILES string of the molecule is Cc1nc(N(C)CCCCCC(=O)N(C)CCN2CCC(OC(=O)Nc3ccccc3-c3ccccc3)CC2)sc1C(=O)N(C)CCN(C)C(=O)CO[C@H]1Cc2ccccc2C12CCN(CC[C@@]1(c3ccc(F)cc3)CN(C(=O)c3cc(C(F)(F)F)cc(C(F)(F)F)c3)CO1)CC2.Cl.Cl.Cl. The van der Waals surface area contributed by atoms with Crippen molar-refractivity contribution in [3.63, 3.8) is 0 Å². The number of unbranched alkanes of at least 4 members (excludes halogenated alkanes) is 2. The van der Waals surface area contributed by atoms with Gasteiger partial charge in [0.25, 0.3) is 11.8 Å². The van der Waals surface area contributed by atoms with E-state index >= 15 is 0 Å². The van der Waals surface area contributed by atoms with Crippen molar-refractivity contribution in [3.8, 4) is 11.1 Å². The number of benzene rings is 5. The third-order valence-corrected chi connectivity index (χ3v) is 20.7. The van der Waals surface area contributed by atoms with Crippen LogP contribution >= 0.6 is 48.6 Å². The van der Waals surface area contributed by atoms with Crippen molar-refractivity contribution in [3.05, 3.63) is 171 Å². The van der Waals surface area contributed by atoms with Crippen LogP contribution in [0.4, 0.5) is 46.3 Å². The summed E-state index contributed by atoms with van der Waals surface area (Å²) >= 11 is 1.32. The predicted molar refractivity (Wildman–Crippen MR) is 377 cm³/mol. The molecule has 0 bridgehead atoms. The molecule has 544 valence electrons. The van der Waals surface area contributed by atoms with E-state index in [1.165, 1.54) is 35.6 Å². The largest absolute Gasteiger partial charge is 0.446 e. The summed E-state index contributed by atoms with van der Waals surface area (Å²) in [6, 6.07) is 31.9. The zero-order valence-corrected chi connectivity index (χ0v) is 59.9. The topological polar surface area (TPSA) is 161 Å². The van der Waals surface area contributed by atoms with Crippen LogP contribution in [-0.4, -0.2) is 190 Å². The van der Waals surface area contributed by atoms with Crippen molar-refractivity contribution in [2.24, 2.45) is 0 Å². The molecule has 1 N–H and O–H groups in total. The normalized spacial score (nSPS) is 17.7. The number of para-hydroxylation sites is 1. The van der Waals surface area contributed by atoms with Gasteiger partial charge >= 0.3 is 18.4 Å². The molecular weight excluding hydrogens is 1390 g/mol. The molecule has 10 rings (SSSR count). The number of ether oxygens (including phenoxy) is 3. The summed E-state index contributed by atoms with van der Waals surface area (Å²) in [5, 5.41) is 3.64. The van der Waals surface area contributed by atoms with Gasteiger partial charge in [-0.1, -0.05) is 103 Å². The third-order valence-electron chi connectivity index (χ3n) is 19.5. The molecule has 0 saturated carbocycles. The van der Waals surface area contributed by atoms with E-state index in [0.717, 1.165) is 66.1 Å². The maximum atomic E-state index is 14.3. The van der Waals surface area contributed by atoms with Gasteiger partial charge in [0.2, 0.25) is 11.8 Å². The monoisotopic (exact) mass is 1480 g/mol. The number of hydrogen-bond acceptors (Lipinski definition) is 13. The number of nitrogens with zero attached hydrogens (tertiary/aromatic N) is 8. The van der Waals surface area contributed by atoms with Gasteiger partial charge in [0, 0.05) is 104 Å². The van der Waals surface area contributed by atoms with E-state index in [4.69, 9.17) is 19.2 Å². The molecule has 4 heterocycles. The van der Waals surface area contributed by atoms with Crippen LogP contribution in [0, 0.1) is 12.7 Å². The molecule has 1 spiro atoms. The molecule has 0 radical (unpaired) electrons. The van der Waals surface area contributed by atoms with Crippen LogP contribution in [0.25, 0.3) is 11.1 Å². The molecular formula is C72H87Cl3F7N9O8S. The Morgan fingerprint density at radius 3 is 2.00 bits per heavy atom. The number of likely N-dealkylation sites (tertiary alicyclic amines) is 2. The number of likely N-dealkylation sites (N-methyl/N-ethyl adjacent to an activating group) is 3. The fourth-order valence-electron chi connectivity index (χ4n) is 13.5. The molecule has 100 heavy (non-hydrogen) atoms. The van der Waals surface area contributed by atoms with E-state index in [-0.39, 0.29) is 106 Å². The average molecular weight is 1480 g/mol. The maximum absolute atomic E-state index is 14.3. The summed E-state index contributed by atoms with van der Waals surface area (Å²) in [6.07, 6.45) is -4.83. The summed E-state index contributed by atoms with van der Waals surface area (Å²) in [5.74, 6) is -1.96. The summed E-state index contributed by atoms with van der Waals surface area (Å²) in [4.78, 5) is 85.2. The van der Waals surface area contributed by atoms with Crippen LogP contribution < -0.4 is 10.2 Å². The number of aromatic nitrogens is 1. The van der Waals surface area contributed by atoms with Crippen molar-refractivity contribution in [2.75, 3.05) is 124 Å². The first-order valence-electron chi connectivity index (χ1n) is 33.0. The van der Waals surface area contributed by atoms with Gasteiger partial charge in [-0.15, -0.1) is 37.2 Å². The molecule has 3 saturated heterocycles. The van der Waals surface area contributed by atoms with Gasteiger partial charge in [-0.25, -0.2) is 14.2 Å². The number of anilines is 2. The van der Waals surface area contributed by atoms with Crippen molar-refractivity contribution in [1.82, 2.24) is 34.4 Å². The third kappa shape index (κ3) is 19.7. The van der Waals surface area contributed by atoms with Crippen LogP contribution in [0.5, 0.6) is 0 Å². The lowest BCUT2D eigenvalue weighted by atomic mass is 9.72. The standard InChI is InChI=1S/C72H84F7N9O8S.3ClH/c1-49-64(97-67(80-49)85(5)32-15-7-10-22-62(89)82(2)40-41-86-33-27-57(28-34-86)96-68(93)81-60-21-14-12-19-58(60)50-16-8-6-9-17-50)66(92)84(4)39-38-83(3)63(90)46-94-61-44-51-18-11-13-20-59(51)69(61)29-35-87(36-30-69)37-31-70(53-23-25-56(73)26-24-53)47-88(48-95-70)65(91)52-42-54(71(74,75)76)45-55(43-52)72(77,78)79;;;/h6,8-9,11-14,16-21,23-26,42-43,45,57,61H,7,10,15,22,27-41,44,46-48H2,1-5H3,(H,81,93);3*1H/t61-,70-;;;/m0.../s1. The number of hydrogen-bond donors (Lipinski definition) is 1. The molecule has 5 aromatic carbocycles. The Morgan fingerprint density at radius 2 is 1.32 bits per heavy atom. The molecule has 3 aliphatic heterocycles. The smallest absolute Gasteiger partial charge is 0.416 e. The molecule has 6 aromatic rings. The van der Waals surface area contributed by atoms with Crippen molar-refractivity contribution in [2.45, 2.75) is 107 Å². The Balaban J connectivity index is 0.00000468. The lowest BCUT2D eigenvalue weighted by Crippen LogP contribution is -2.50. The average Bonchev–Trinajstić information content (AvgIpc) is 1.58. The Labute approximate surface area is 601 Å². The molecule has 5 amide bonds. The van der Waals surface area contributed by atoms with Gasteiger partial charge in [0.05, 0.1) is 35.2 Å². The van der Waals surface area contributed by atoms with Crippen molar-refractivity contribution < 1.29 is 68.9 Å². The van der Waals surface area contributed by atoms with Gasteiger partial charge in [-0.3, -0.25) is 24.5 Å².